The number of morpholine rings is 1. The van der Waals surface area contributed by atoms with E-state index in [-0.39, 0.29) is 5.91 Å². The van der Waals surface area contributed by atoms with Gasteiger partial charge in [-0.05, 0) is 0 Å². The minimum absolute atomic E-state index is 0.168. The van der Waals surface area contributed by atoms with Gasteiger partial charge in [0.05, 0.1) is 42.9 Å². The summed E-state index contributed by atoms with van der Waals surface area (Å²) in [5.41, 5.74) is 3.03. The maximum Gasteiger partial charge on any atom is 0.255 e. The number of nitrogens with zero attached hydrogens (tertiary/aromatic N) is 3. The summed E-state index contributed by atoms with van der Waals surface area (Å²) in [6.07, 6.45) is 1.55. The minimum Gasteiger partial charge on any atom is -0.378 e. The van der Waals surface area contributed by atoms with Gasteiger partial charge in [0.2, 0.25) is 0 Å². The molecular formula is C18H19N5O2S. The topological polar surface area (TPSA) is 83.1 Å². The van der Waals surface area contributed by atoms with Gasteiger partial charge >= 0.3 is 0 Å². The van der Waals surface area contributed by atoms with Gasteiger partial charge in [0.15, 0.2) is 5.13 Å². The number of carbonyl (C=O) groups is 1. The molecule has 8 heteroatoms. The first-order valence-corrected chi connectivity index (χ1v) is 9.33. The van der Waals surface area contributed by atoms with Gasteiger partial charge < -0.3 is 15.0 Å². The maximum atomic E-state index is 12.6. The first kappa shape index (κ1) is 16.7. The lowest BCUT2D eigenvalue weighted by Crippen LogP contribution is -2.36. The van der Waals surface area contributed by atoms with Crippen molar-refractivity contribution in [3.05, 3.63) is 53.2 Å². The molecule has 0 spiro atoms. The molecule has 0 unspecified atom stereocenters. The molecule has 0 radical (unpaired) electrons. The summed E-state index contributed by atoms with van der Waals surface area (Å²) in [4.78, 5) is 19.4. The fourth-order valence-corrected chi connectivity index (χ4v) is 3.71. The van der Waals surface area contributed by atoms with Gasteiger partial charge in [-0.2, -0.15) is 5.10 Å². The lowest BCUT2D eigenvalue weighted by atomic mass is 10.1. The van der Waals surface area contributed by atoms with Crippen molar-refractivity contribution in [3.8, 4) is 11.3 Å². The van der Waals surface area contributed by atoms with Gasteiger partial charge in [-0.25, -0.2) is 4.98 Å². The highest BCUT2D eigenvalue weighted by Crippen LogP contribution is 2.22. The number of amides is 1. The molecule has 2 N–H and O–H groups in total. The number of anilines is 1. The third-order valence-electron chi connectivity index (χ3n) is 4.20. The Morgan fingerprint density at radius 1 is 1.27 bits per heavy atom. The molecule has 1 aliphatic heterocycles. The van der Waals surface area contributed by atoms with Crippen LogP contribution in [0.5, 0.6) is 0 Å². The fraction of sp³-hybridized carbons (Fsp3) is 0.278. The van der Waals surface area contributed by atoms with E-state index < -0.39 is 0 Å². The summed E-state index contributed by atoms with van der Waals surface area (Å²) in [6.45, 7) is 3.56. The molecule has 0 atom stereocenters. The number of hydrogen-bond acceptors (Lipinski definition) is 6. The first-order chi connectivity index (χ1) is 12.8. The molecule has 4 rings (SSSR count). The van der Waals surface area contributed by atoms with Crippen LogP contribution in [0.1, 0.15) is 16.1 Å². The smallest absolute Gasteiger partial charge is 0.255 e. The third-order valence-corrected chi connectivity index (χ3v) is 5.15. The van der Waals surface area contributed by atoms with E-state index in [4.69, 9.17) is 4.74 Å². The van der Waals surface area contributed by atoms with Gasteiger partial charge in [0, 0.05) is 24.0 Å². The van der Waals surface area contributed by atoms with E-state index >= 15 is 0 Å². The van der Waals surface area contributed by atoms with Gasteiger partial charge in [-0.3, -0.25) is 9.89 Å². The second kappa shape index (κ2) is 7.67. The zero-order valence-corrected chi connectivity index (χ0v) is 15.0. The van der Waals surface area contributed by atoms with Gasteiger partial charge in [-0.1, -0.05) is 30.3 Å². The molecule has 134 valence electrons. The Hall–Kier alpha value is -2.71. The highest BCUT2D eigenvalue weighted by Gasteiger charge is 2.17. The summed E-state index contributed by atoms with van der Waals surface area (Å²) >= 11 is 1.59. The van der Waals surface area contributed by atoms with Crippen molar-refractivity contribution in [1.82, 2.24) is 20.5 Å². The van der Waals surface area contributed by atoms with Gasteiger partial charge in [-0.15, -0.1) is 11.3 Å². The molecule has 1 aliphatic rings. The average molecular weight is 369 g/mol. The Balaban J connectivity index is 1.41. The Kier molecular flexibility index (Phi) is 4.94. The Labute approximate surface area is 155 Å². The van der Waals surface area contributed by atoms with Crippen molar-refractivity contribution in [2.24, 2.45) is 0 Å². The zero-order valence-electron chi connectivity index (χ0n) is 14.1. The predicted molar refractivity (Wildman–Crippen MR) is 100 cm³/mol. The molecule has 0 aliphatic carbocycles. The van der Waals surface area contributed by atoms with Crippen molar-refractivity contribution >= 4 is 22.4 Å². The predicted octanol–water partition coefficient (Wildman–Crippen LogP) is 2.30. The van der Waals surface area contributed by atoms with Crippen molar-refractivity contribution in [1.29, 1.82) is 0 Å². The molecule has 0 bridgehead atoms. The van der Waals surface area contributed by atoms with Crippen LogP contribution < -0.4 is 10.2 Å². The highest BCUT2D eigenvalue weighted by atomic mass is 32.1. The quantitative estimate of drug-likeness (QED) is 0.721. The number of benzene rings is 1. The van der Waals surface area contributed by atoms with Crippen LogP contribution in [0.25, 0.3) is 11.3 Å². The summed E-state index contributed by atoms with van der Waals surface area (Å²) in [7, 11) is 0. The number of aromatic nitrogens is 3. The van der Waals surface area contributed by atoms with Crippen molar-refractivity contribution in [3.63, 3.8) is 0 Å². The lowest BCUT2D eigenvalue weighted by molar-refractivity contribution is 0.0951. The number of carbonyl (C=O) groups excluding carboxylic acids is 1. The van der Waals surface area contributed by atoms with Crippen molar-refractivity contribution in [2.75, 3.05) is 31.2 Å². The molecule has 7 nitrogen and oxygen atoms in total. The van der Waals surface area contributed by atoms with Crippen LogP contribution in [-0.4, -0.2) is 47.4 Å². The Morgan fingerprint density at radius 2 is 2.08 bits per heavy atom. The summed E-state index contributed by atoms with van der Waals surface area (Å²) in [5, 5.41) is 12.8. The number of aromatic amines is 1. The Bertz CT molecular complexity index is 871. The largest absolute Gasteiger partial charge is 0.378 e. The van der Waals surface area contributed by atoms with Crippen molar-refractivity contribution in [2.45, 2.75) is 6.54 Å². The van der Waals surface area contributed by atoms with Crippen LogP contribution in [0.2, 0.25) is 0 Å². The van der Waals surface area contributed by atoms with E-state index in [2.05, 4.69) is 25.4 Å². The van der Waals surface area contributed by atoms with Crippen LogP contribution in [0.15, 0.2) is 41.9 Å². The Morgan fingerprint density at radius 3 is 2.88 bits per heavy atom. The number of H-pyrrole nitrogens is 1. The number of rotatable bonds is 5. The zero-order chi connectivity index (χ0) is 17.8. The molecule has 2 aromatic heterocycles. The van der Waals surface area contributed by atoms with E-state index in [9.17, 15) is 4.79 Å². The van der Waals surface area contributed by atoms with E-state index in [1.807, 2.05) is 35.7 Å². The standard InChI is InChI=1S/C18H19N5O2S/c24-17(15-11-20-22-16(15)13-4-2-1-3-5-13)19-10-14-12-26-18(21-14)23-6-8-25-9-7-23/h1-5,11-12H,6-10H2,(H,19,24)(H,20,22). The minimum atomic E-state index is -0.168. The SMILES string of the molecule is O=C(NCc1csc(N2CCOCC2)n1)c1cn[nH]c1-c1ccccc1. The molecule has 3 aromatic rings. The van der Waals surface area contributed by atoms with E-state index in [1.54, 1.807) is 17.5 Å². The molecule has 0 saturated carbocycles. The monoisotopic (exact) mass is 369 g/mol. The number of thiazole rings is 1. The molecule has 3 heterocycles. The molecule has 1 fully saturated rings. The van der Waals surface area contributed by atoms with Crippen LogP contribution in [0.4, 0.5) is 5.13 Å². The number of ether oxygens (including phenoxy) is 1. The van der Waals surface area contributed by atoms with E-state index in [1.165, 1.54) is 0 Å². The van der Waals surface area contributed by atoms with E-state index in [0.29, 0.717) is 12.1 Å². The number of nitrogens with one attached hydrogen (secondary N) is 2. The molecule has 1 aromatic carbocycles. The highest BCUT2D eigenvalue weighted by molar-refractivity contribution is 7.13. The molecule has 1 amide bonds. The van der Waals surface area contributed by atoms with Gasteiger partial charge in [0.25, 0.3) is 5.91 Å². The third kappa shape index (κ3) is 3.61. The second-order valence-corrected chi connectivity index (χ2v) is 6.76. The summed E-state index contributed by atoms with van der Waals surface area (Å²) in [5.74, 6) is -0.168. The van der Waals surface area contributed by atoms with Crippen LogP contribution >= 0.6 is 11.3 Å². The lowest BCUT2D eigenvalue weighted by Gasteiger charge is -2.26. The normalized spacial score (nSPS) is 14.4. The van der Waals surface area contributed by atoms with Gasteiger partial charge in [0.1, 0.15) is 0 Å². The maximum absolute atomic E-state index is 12.6. The molecule has 26 heavy (non-hydrogen) atoms. The fourth-order valence-electron chi connectivity index (χ4n) is 2.83. The van der Waals surface area contributed by atoms with Crippen LogP contribution in [-0.2, 0) is 11.3 Å². The van der Waals surface area contributed by atoms with E-state index in [0.717, 1.165) is 48.4 Å². The van der Waals surface area contributed by atoms with Crippen molar-refractivity contribution < 1.29 is 9.53 Å². The summed E-state index contributed by atoms with van der Waals surface area (Å²) < 4.78 is 5.37. The molecule has 1 saturated heterocycles. The number of hydrogen-bond donors (Lipinski definition) is 2. The molecular weight excluding hydrogens is 350 g/mol. The first-order valence-electron chi connectivity index (χ1n) is 8.45. The van der Waals surface area contributed by atoms with Crippen LogP contribution in [0, 0.1) is 0 Å². The average Bonchev–Trinajstić information content (AvgIpc) is 3.37. The van der Waals surface area contributed by atoms with Crippen LogP contribution in [0.3, 0.4) is 0 Å². The summed E-state index contributed by atoms with van der Waals surface area (Å²) in [6, 6.07) is 9.69. The second-order valence-electron chi connectivity index (χ2n) is 5.93.